The highest BCUT2D eigenvalue weighted by atomic mass is 19.4. The standard InChI is InChI=1S/C18H17F3N2O2/c1-10(24)17(25)23-16-7-6-13-14(8-22-9-15(13)16)11-2-4-12(5-3-11)18(19,20)21/h2-5,8-10,16,24H,6-7H2,1H3,(H,23,25). The molecule has 0 spiro atoms. The summed E-state index contributed by atoms with van der Waals surface area (Å²) in [5, 5.41) is 12.1. The van der Waals surface area contributed by atoms with Gasteiger partial charge < -0.3 is 10.4 Å². The largest absolute Gasteiger partial charge is 0.416 e. The predicted molar refractivity (Wildman–Crippen MR) is 85.6 cm³/mol. The van der Waals surface area contributed by atoms with Crippen molar-refractivity contribution in [2.45, 2.75) is 38.1 Å². The first kappa shape index (κ1) is 17.4. The number of alkyl halides is 3. The number of hydrogen-bond donors (Lipinski definition) is 2. The summed E-state index contributed by atoms with van der Waals surface area (Å²) in [6.45, 7) is 1.39. The molecule has 1 heterocycles. The van der Waals surface area contributed by atoms with Crippen molar-refractivity contribution in [3.63, 3.8) is 0 Å². The molecular weight excluding hydrogens is 333 g/mol. The van der Waals surface area contributed by atoms with E-state index in [-0.39, 0.29) is 6.04 Å². The van der Waals surface area contributed by atoms with Gasteiger partial charge in [0.05, 0.1) is 11.6 Å². The number of nitrogens with zero attached hydrogens (tertiary/aromatic N) is 1. The number of halogens is 3. The number of aromatic nitrogens is 1. The van der Waals surface area contributed by atoms with Crippen molar-refractivity contribution in [2.75, 3.05) is 0 Å². The van der Waals surface area contributed by atoms with E-state index in [0.29, 0.717) is 18.4 Å². The molecular formula is C18H17F3N2O2. The fourth-order valence-electron chi connectivity index (χ4n) is 3.06. The molecule has 7 heteroatoms. The van der Waals surface area contributed by atoms with Gasteiger partial charge in [-0.15, -0.1) is 0 Å². The summed E-state index contributed by atoms with van der Waals surface area (Å²) in [7, 11) is 0. The number of carbonyl (C=O) groups excluding carboxylic acids is 1. The molecule has 2 atom stereocenters. The molecule has 1 aliphatic rings. The highest BCUT2D eigenvalue weighted by Gasteiger charge is 2.31. The van der Waals surface area contributed by atoms with Crippen molar-refractivity contribution < 1.29 is 23.1 Å². The third-order valence-electron chi connectivity index (χ3n) is 4.37. The number of aliphatic hydroxyl groups is 1. The number of amides is 1. The maximum absolute atomic E-state index is 12.7. The van der Waals surface area contributed by atoms with Crippen molar-refractivity contribution >= 4 is 5.91 Å². The molecule has 0 saturated heterocycles. The van der Waals surface area contributed by atoms with Crippen LogP contribution in [0.3, 0.4) is 0 Å². The van der Waals surface area contributed by atoms with E-state index in [4.69, 9.17) is 0 Å². The van der Waals surface area contributed by atoms with Gasteiger partial charge in [0.2, 0.25) is 5.91 Å². The van der Waals surface area contributed by atoms with Crippen LogP contribution in [-0.4, -0.2) is 22.1 Å². The minimum atomic E-state index is -4.37. The van der Waals surface area contributed by atoms with Gasteiger partial charge in [-0.1, -0.05) is 12.1 Å². The molecule has 2 unspecified atom stereocenters. The van der Waals surface area contributed by atoms with E-state index in [1.807, 2.05) is 0 Å². The number of rotatable bonds is 3. The second kappa shape index (κ2) is 6.48. The third kappa shape index (κ3) is 3.51. The third-order valence-corrected chi connectivity index (χ3v) is 4.37. The summed E-state index contributed by atoms with van der Waals surface area (Å²) in [5.41, 5.74) is 2.52. The Morgan fingerprint density at radius 3 is 2.56 bits per heavy atom. The molecule has 1 amide bonds. The number of benzene rings is 1. The fourth-order valence-corrected chi connectivity index (χ4v) is 3.06. The Bertz CT molecular complexity index is 786. The van der Waals surface area contributed by atoms with E-state index in [2.05, 4.69) is 10.3 Å². The number of hydrogen-bond acceptors (Lipinski definition) is 3. The first-order valence-electron chi connectivity index (χ1n) is 7.90. The van der Waals surface area contributed by atoms with E-state index in [1.54, 1.807) is 12.4 Å². The first-order valence-corrected chi connectivity index (χ1v) is 7.90. The van der Waals surface area contributed by atoms with Crippen LogP contribution in [0, 0.1) is 0 Å². The van der Waals surface area contributed by atoms with Crippen LogP contribution in [0.4, 0.5) is 13.2 Å². The highest BCUT2D eigenvalue weighted by molar-refractivity contribution is 5.81. The van der Waals surface area contributed by atoms with E-state index >= 15 is 0 Å². The Balaban J connectivity index is 1.91. The smallest absolute Gasteiger partial charge is 0.384 e. The second-order valence-electron chi connectivity index (χ2n) is 6.11. The molecule has 132 valence electrons. The molecule has 3 rings (SSSR count). The van der Waals surface area contributed by atoms with E-state index in [9.17, 15) is 23.1 Å². The zero-order valence-electron chi connectivity index (χ0n) is 13.5. The molecule has 2 aromatic rings. The molecule has 1 aromatic heterocycles. The first-order chi connectivity index (χ1) is 11.8. The average molecular weight is 350 g/mol. The summed E-state index contributed by atoms with van der Waals surface area (Å²) in [4.78, 5) is 15.9. The van der Waals surface area contributed by atoms with Crippen LogP contribution in [0.1, 0.15) is 36.1 Å². The molecule has 0 saturated carbocycles. The average Bonchev–Trinajstić information content (AvgIpc) is 2.97. The van der Waals surface area contributed by atoms with Gasteiger partial charge in [0.1, 0.15) is 6.10 Å². The van der Waals surface area contributed by atoms with Crippen molar-refractivity contribution in [3.05, 3.63) is 53.3 Å². The Labute approximate surface area is 142 Å². The van der Waals surface area contributed by atoms with Crippen molar-refractivity contribution in [2.24, 2.45) is 0 Å². The van der Waals surface area contributed by atoms with Crippen LogP contribution in [-0.2, 0) is 17.4 Å². The van der Waals surface area contributed by atoms with Crippen molar-refractivity contribution in [1.29, 1.82) is 0 Å². The molecule has 4 nitrogen and oxygen atoms in total. The van der Waals surface area contributed by atoms with E-state index in [0.717, 1.165) is 28.8 Å². The number of nitrogens with one attached hydrogen (secondary N) is 1. The van der Waals surface area contributed by atoms with Crippen LogP contribution in [0.2, 0.25) is 0 Å². The molecule has 2 N–H and O–H groups in total. The normalized spacial score (nSPS) is 17.9. The van der Waals surface area contributed by atoms with Crippen LogP contribution in [0.25, 0.3) is 11.1 Å². The Morgan fingerprint density at radius 1 is 1.28 bits per heavy atom. The van der Waals surface area contributed by atoms with E-state index < -0.39 is 23.8 Å². The van der Waals surface area contributed by atoms with Gasteiger partial charge in [0.15, 0.2) is 0 Å². The van der Waals surface area contributed by atoms with Gasteiger partial charge >= 0.3 is 6.18 Å². The summed E-state index contributed by atoms with van der Waals surface area (Å²) in [6, 6.07) is 4.72. The maximum Gasteiger partial charge on any atom is 0.416 e. The van der Waals surface area contributed by atoms with Crippen molar-refractivity contribution in [1.82, 2.24) is 10.3 Å². The number of carbonyl (C=O) groups is 1. The second-order valence-corrected chi connectivity index (χ2v) is 6.11. The molecule has 0 radical (unpaired) electrons. The van der Waals surface area contributed by atoms with Crippen LogP contribution < -0.4 is 5.32 Å². The molecule has 0 fully saturated rings. The van der Waals surface area contributed by atoms with Gasteiger partial charge in [0, 0.05) is 18.0 Å². The number of pyridine rings is 1. The van der Waals surface area contributed by atoms with Crippen LogP contribution in [0.5, 0.6) is 0 Å². The van der Waals surface area contributed by atoms with Gasteiger partial charge in [-0.2, -0.15) is 13.2 Å². The minimum absolute atomic E-state index is 0.251. The Kier molecular flexibility index (Phi) is 4.51. The summed E-state index contributed by atoms with van der Waals surface area (Å²) < 4.78 is 38.1. The topological polar surface area (TPSA) is 62.2 Å². The Morgan fingerprint density at radius 2 is 1.96 bits per heavy atom. The number of aliphatic hydroxyl groups excluding tert-OH is 1. The van der Waals surface area contributed by atoms with Crippen molar-refractivity contribution in [3.8, 4) is 11.1 Å². The number of fused-ring (bicyclic) bond motifs is 1. The van der Waals surface area contributed by atoms with Crippen LogP contribution >= 0.6 is 0 Å². The lowest BCUT2D eigenvalue weighted by atomic mass is 9.98. The van der Waals surface area contributed by atoms with Crippen LogP contribution in [0.15, 0.2) is 36.7 Å². The summed E-state index contributed by atoms with van der Waals surface area (Å²) >= 11 is 0. The minimum Gasteiger partial charge on any atom is -0.384 e. The molecule has 0 aliphatic heterocycles. The molecule has 1 aromatic carbocycles. The highest BCUT2D eigenvalue weighted by Crippen LogP contribution is 2.38. The predicted octanol–water partition coefficient (Wildman–Crippen LogP) is 3.25. The lowest BCUT2D eigenvalue weighted by Gasteiger charge is -2.16. The summed E-state index contributed by atoms with van der Waals surface area (Å²) in [5.74, 6) is -0.460. The fraction of sp³-hybridized carbons (Fsp3) is 0.333. The monoisotopic (exact) mass is 350 g/mol. The van der Waals surface area contributed by atoms with Gasteiger partial charge in [-0.05, 0) is 48.6 Å². The van der Waals surface area contributed by atoms with Gasteiger partial charge in [-0.25, -0.2) is 0 Å². The molecule has 25 heavy (non-hydrogen) atoms. The molecule has 1 aliphatic carbocycles. The zero-order valence-corrected chi connectivity index (χ0v) is 13.5. The maximum atomic E-state index is 12.7. The Hall–Kier alpha value is -2.41. The van der Waals surface area contributed by atoms with Gasteiger partial charge in [-0.3, -0.25) is 9.78 Å². The van der Waals surface area contributed by atoms with Gasteiger partial charge in [0.25, 0.3) is 0 Å². The lowest BCUT2D eigenvalue weighted by molar-refractivity contribution is -0.137. The lowest BCUT2D eigenvalue weighted by Crippen LogP contribution is -2.34. The SMILES string of the molecule is CC(O)C(=O)NC1CCc2c(-c3ccc(C(F)(F)F)cc3)cncc21. The summed E-state index contributed by atoms with van der Waals surface area (Å²) in [6.07, 6.45) is -0.851. The van der Waals surface area contributed by atoms with E-state index in [1.165, 1.54) is 19.1 Å². The molecule has 0 bridgehead atoms. The zero-order chi connectivity index (χ0) is 18.2. The quantitative estimate of drug-likeness (QED) is 0.893.